The molecule has 1 unspecified atom stereocenters. The first-order valence-electron chi connectivity index (χ1n) is 7.57. The number of piperazine rings is 1. The Bertz CT molecular complexity index is 464. The number of hydrogen-bond acceptors (Lipinski definition) is 5. The van der Waals surface area contributed by atoms with Gasteiger partial charge in [-0.15, -0.1) is 10.2 Å². The number of carbonyl (C=O) groups is 1. The molecule has 118 valence electrons. The Morgan fingerprint density at radius 3 is 2.48 bits per heavy atom. The number of hydrogen-bond donors (Lipinski definition) is 1. The van der Waals surface area contributed by atoms with Crippen LogP contribution in [0.5, 0.6) is 0 Å². The van der Waals surface area contributed by atoms with Crippen molar-refractivity contribution < 1.29 is 4.79 Å². The van der Waals surface area contributed by atoms with Gasteiger partial charge in [-0.25, -0.2) is 0 Å². The van der Waals surface area contributed by atoms with Crippen molar-refractivity contribution in [2.24, 2.45) is 7.05 Å². The smallest absolute Gasteiger partial charge is 0.237 e. The zero-order chi connectivity index (χ0) is 15.4. The zero-order valence-electron chi connectivity index (χ0n) is 13.4. The summed E-state index contributed by atoms with van der Waals surface area (Å²) >= 11 is 0. The Balaban J connectivity index is 1.80. The highest BCUT2D eigenvalue weighted by atomic mass is 16.2. The largest absolute Gasteiger partial charge is 0.353 e. The van der Waals surface area contributed by atoms with Gasteiger partial charge in [-0.3, -0.25) is 14.6 Å². The number of nitrogens with zero attached hydrogens (tertiary/aromatic N) is 5. The van der Waals surface area contributed by atoms with Crippen LogP contribution in [0.1, 0.15) is 26.6 Å². The van der Waals surface area contributed by atoms with Crippen LogP contribution < -0.4 is 5.32 Å². The molecule has 1 aliphatic heterocycles. The molecule has 1 N–H and O–H groups in total. The fourth-order valence-electron chi connectivity index (χ4n) is 2.53. The molecule has 1 aliphatic rings. The second kappa shape index (κ2) is 7.00. The quantitative estimate of drug-likeness (QED) is 0.818. The molecule has 0 saturated carbocycles. The van der Waals surface area contributed by atoms with Gasteiger partial charge in [-0.1, -0.05) is 0 Å². The lowest BCUT2D eigenvalue weighted by Gasteiger charge is -2.37. The summed E-state index contributed by atoms with van der Waals surface area (Å²) in [5, 5.41) is 11.0. The fourth-order valence-corrected chi connectivity index (χ4v) is 2.53. The molecular weight excluding hydrogens is 268 g/mol. The lowest BCUT2D eigenvalue weighted by atomic mass is 10.2. The molecule has 0 aromatic carbocycles. The molecule has 1 fully saturated rings. The highest BCUT2D eigenvalue weighted by Crippen LogP contribution is 2.09. The first-order valence-corrected chi connectivity index (χ1v) is 7.57. The van der Waals surface area contributed by atoms with Crippen molar-refractivity contribution in [3.63, 3.8) is 0 Å². The summed E-state index contributed by atoms with van der Waals surface area (Å²) in [6, 6.07) is 0.126. The van der Waals surface area contributed by atoms with E-state index >= 15 is 0 Å². The van der Waals surface area contributed by atoms with Crippen LogP contribution in [0.15, 0.2) is 6.33 Å². The Hall–Kier alpha value is -1.47. The van der Waals surface area contributed by atoms with E-state index in [2.05, 4.69) is 25.3 Å². The summed E-state index contributed by atoms with van der Waals surface area (Å²) in [7, 11) is 1.96. The van der Waals surface area contributed by atoms with Gasteiger partial charge >= 0.3 is 0 Å². The van der Waals surface area contributed by atoms with E-state index in [0.717, 1.165) is 38.5 Å². The molecule has 0 bridgehead atoms. The Kier molecular flexibility index (Phi) is 5.30. The molecule has 7 heteroatoms. The van der Waals surface area contributed by atoms with Crippen LogP contribution in [0.4, 0.5) is 0 Å². The monoisotopic (exact) mass is 294 g/mol. The molecule has 21 heavy (non-hydrogen) atoms. The third kappa shape index (κ3) is 4.25. The van der Waals surface area contributed by atoms with E-state index in [-0.39, 0.29) is 18.0 Å². The van der Waals surface area contributed by atoms with E-state index < -0.39 is 0 Å². The van der Waals surface area contributed by atoms with E-state index in [0.29, 0.717) is 0 Å². The average molecular weight is 294 g/mol. The number of carbonyl (C=O) groups excluding carboxylic acids is 1. The van der Waals surface area contributed by atoms with Gasteiger partial charge in [-0.05, 0) is 20.8 Å². The molecule has 0 spiro atoms. The Morgan fingerprint density at radius 2 is 1.95 bits per heavy atom. The van der Waals surface area contributed by atoms with Crippen molar-refractivity contribution >= 4 is 5.91 Å². The summed E-state index contributed by atoms with van der Waals surface area (Å²) in [5.74, 6) is 1.10. The summed E-state index contributed by atoms with van der Waals surface area (Å²) in [4.78, 5) is 16.6. The summed E-state index contributed by atoms with van der Waals surface area (Å²) in [5.41, 5.74) is 0. The van der Waals surface area contributed by atoms with Crippen molar-refractivity contribution in [1.29, 1.82) is 0 Å². The first-order chi connectivity index (χ1) is 9.97. The lowest BCUT2D eigenvalue weighted by molar-refractivity contribution is -0.127. The normalized spacial score (nSPS) is 18.9. The summed E-state index contributed by atoms with van der Waals surface area (Å²) in [6.45, 7) is 10.5. The van der Waals surface area contributed by atoms with Gasteiger partial charge < -0.3 is 9.88 Å². The number of amides is 1. The summed E-state index contributed by atoms with van der Waals surface area (Å²) in [6.07, 6.45) is 1.73. The third-order valence-corrected chi connectivity index (χ3v) is 3.94. The van der Waals surface area contributed by atoms with Gasteiger partial charge in [0.2, 0.25) is 5.91 Å². The molecular formula is C14H26N6O. The Morgan fingerprint density at radius 1 is 1.29 bits per heavy atom. The molecule has 2 heterocycles. The number of aryl methyl sites for hydroxylation is 1. The minimum atomic E-state index is -0.0654. The summed E-state index contributed by atoms with van der Waals surface area (Å²) < 4.78 is 1.95. The van der Waals surface area contributed by atoms with Crippen LogP contribution in [0, 0.1) is 0 Å². The molecule has 0 radical (unpaired) electrons. The number of aromatic nitrogens is 3. The molecule has 0 aliphatic carbocycles. The first kappa shape index (κ1) is 15.9. The van der Waals surface area contributed by atoms with E-state index in [1.54, 1.807) is 6.33 Å². The second-order valence-electron chi connectivity index (χ2n) is 6.01. The molecule has 1 saturated heterocycles. The second-order valence-corrected chi connectivity index (χ2v) is 6.01. The van der Waals surface area contributed by atoms with Gasteiger partial charge in [0.15, 0.2) is 0 Å². The van der Waals surface area contributed by atoms with Crippen molar-refractivity contribution in [2.45, 2.75) is 39.4 Å². The minimum absolute atomic E-state index is 0.0654. The van der Waals surface area contributed by atoms with Crippen molar-refractivity contribution in [1.82, 2.24) is 29.9 Å². The van der Waals surface area contributed by atoms with Crippen LogP contribution in [0.25, 0.3) is 0 Å². The number of nitrogens with one attached hydrogen (secondary N) is 1. The van der Waals surface area contributed by atoms with Gasteiger partial charge in [0.1, 0.15) is 12.2 Å². The van der Waals surface area contributed by atoms with Gasteiger partial charge in [0.25, 0.3) is 0 Å². The van der Waals surface area contributed by atoms with E-state index in [1.165, 1.54) is 0 Å². The molecule has 1 amide bonds. The Labute approximate surface area is 126 Å². The van der Waals surface area contributed by atoms with E-state index in [4.69, 9.17) is 0 Å². The maximum atomic E-state index is 12.0. The van der Waals surface area contributed by atoms with Crippen molar-refractivity contribution in [3.8, 4) is 0 Å². The minimum Gasteiger partial charge on any atom is -0.353 e. The van der Waals surface area contributed by atoms with Gasteiger partial charge in [-0.2, -0.15) is 0 Å². The number of rotatable bonds is 5. The van der Waals surface area contributed by atoms with Crippen LogP contribution in [-0.4, -0.2) is 68.7 Å². The maximum Gasteiger partial charge on any atom is 0.237 e. The predicted octanol–water partition coefficient (Wildman–Crippen LogP) is -0.154. The highest BCUT2D eigenvalue weighted by molar-refractivity contribution is 5.81. The molecule has 1 aromatic heterocycles. The topological polar surface area (TPSA) is 66.3 Å². The fraction of sp³-hybridized carbons (Fsp3) is 0.786. The predicted molar refractivity (Wildman–Crippen MR) is 80.6 cm³/mol. The molecule has 1 aromatic rings. The maximum absolute atomic E-state index is 12.0. The lowest BCUT2D eigenvalue weighted by Crippen LogP contribution is -2.54. The SMILES string of the molecule is CC(C)NC(=O)C(C)N1CCN(Cc2nncn2C)CC1. The van der Waals surface area contributed by atoms with Crippen LogP contribution in [0.3, 0.4) is 0 Å². The van der Waals surface area contributed by atoms with Gasteiger partial charge in [0, 0.05) is 39.3 Å². The van der Waals surface area contributed by atoms with Crippen LogP contribution >= 0.6 is 0 Å². The highest BCUT2D eigenvalue weighted by Gasteiger charge is 2.26. The standard InChI is InChI=1S/C14H26N6O/c1-11(2)16-14(21)12(3)20-7-5-19(6-8-20)9-13-17-15-10-18(13)4/h10-12H,5-9H2,1-4H3,(H,16,21). The molecule has 1 atom stereocenters. The van der Waals surface area contributed by atoms with E-state index in [1.807, 2.05) is 32.4 Å². The molecule has 7 nitrogen and oxygen atoms in total. The van der Waals surface area contributed by atoms with Crippen molar-refractivity contribution in [3.05, 3.63) is 12.2 Å². The third-order valence-electron chi connectivity index (χ3n) is 3.94. The van der Waals surface area contributed by atoms with Crippen LogP contribution in [-0.2, 0) is 18.4 Å². The van der Waals surface area contributed by atoms with Crippen molar-refractivity contribution in [2.75, 3.05) is 26.2 Å². The average Bonchev–Trinajstić information content (AvgIpc) is 2.83. The molecule has 2 rings (SSSR count). The van der Waals surface area contributed by atoms with Gasteiger partial charge in [0.05, 0.1) is 12.6 Å². The van der Waals surface area contributed by atoms with Crippen LogP contribution in [0.2, 0.25) is 0 Å². The zero-order valence-corrected chi connectivity index (χ0v) is 13.4. The van der Waals surface area contributed by atoms with E-state index in [9.17, 15) is 4.79 Å².